The van der Waals surface area contributed by atoms with Crippen molar-refractivity contribution in [1.29, 1.82) is 0 Å². The molecule has 4 rings (SSSR count). The van der Waals surface area contributed by atoms with Gasteiger partial charge in [0.25, 0.3) is 11.1 Å². The number of hydrogen-bond donors (Lipinski definition) is 1. The lowest BCUT2D eigenvalue weighted by molar-refractivity contribution is 0.897. The molecule has 0 aliphatic rings. The van der Waals surface area contributed by atoms with E-state index in [4.69, 9.17) is 0 Å². The highest BCUT2D eigenvalue weighted by Gasteiger charge is 2.09. The first-order valence-electron chi connectivity index (χ1n) is 6.84. The summed E-state index contributed by atoms with van der Waals surface area (Å²) in [5.74, 6) is 0. The zero-order chi connectivity index (χ0) is 15.1. The summed E-state index contributed by atoms with van der Waals surface area (Å²) in [6.45, 7) is 0. The summed E-state index contributed by atoms with van der Waals surface area (Å²) >= 11 is 0. The third kappa shape index (κ3) is 1.83. The van der Waals surface area contributed by atoms with Crippen molar-refractivity contribution in [3.8, 4) is 0 Å². The highest BCUT2D eigenvalue weighted by atomic mass is 16.1. The van der Waals surface area contributed by atoms with Crippen LogP contribution in [0.4, 0.5) is 0 Å². The van der Waals surface area contributed by atoms with Gasteiger partial charge in [-0.05, 0) is 23.8 Å². The van der Waals surface area contributed by atoms with Gasteiger partial charge in [0.2, 0.25) is 0 Å². The summed E-state index contributed by atoms with van der Waals surface area (Å²) in [5, 5.41) is 3.43. The van der Waals surface area contributed by atoms with Gasteiger partial charge in [-0.3, -0.25) is 14.7 Å². The number of fused-ring (bicyclic) bond motifs is 2. The van der Waals surface area contributed by atoms with Gasteiger partial charge < -0.3 is 0 Å². The molecule has 0 aliphatic heterocycles. The van der Waals surface area contributed by atoms with E-state index in [9.17, 15) is 9.59 Å². The van der Waals surface area contributed by atoms with E-state index >= 15 is 0 Å². The van der Waals surface area contributed by atoms with Crippen LogP contribution in [0.1, 0.15) is 5.56 Å². The Labute approximate surface area is 124 Å². The standard InChI is InChI=1S/C17H11N3O2/c21-16-13(10-11-6-2-1-3-7-11)15-18-14-9-5-4-8-12(14)17(22)20(15)19-16/h1-10H,(H,19,21)/b13-10-. The van der Waals surface area contributed by atoms with Gasteiger partial charge in [-0.25, -0.2) is 4.98 Å². The molecule has 0 spiro atoms. The zero-order valence-electron chi connectivity index (χ0n) is 11.5. The van der Waals surface area contributed by atoms with Crippen molar-refractivity contribution in [1.82, 2.24) is 14.6 Å². The first-order chi connectivity index (χ1) is 10.7. The Hall–Kier alpha value is -3.21. The number of aromatic amines is 1. The van der Waals surface area contributed by atoms with Crippen LogP contribution in [0.25, 0.3) is 22.6 Å². The lowest BCUT2D eigenvalue weighted by Gasteiger charge is -1.97. The van der Waals surface area contributed by atoms with Gasteiger partial charge in [0.15, 0.2) is 5.65 Å². The predicted molar refractivity (Wildman–Crippen MR) is 84.8 cm³/mol. The van der Waals surface area contributed by atoms with Crippen LogP contribution in [0.15, 0.2) is 64.2 Å². The summed E-state index contributed by atoms with van der Waals surface area (Å²) in [6, 6.07) is 16.5. The number of hydrogen-bond acceptors (Lipinski definition) is 3. The zero-order valence-corrected chi connectivity index (χ0v) is 11.5. The highest BCUT2D eigenvalue weighted by Crippen LogP contribution is 2.06. The van der Waals surface area contributed by atoms with Crippen LogP contribution in [0.3, 0.4) is 0 Å². The predicted octanol–water partition coefficient (Wildman–Crippen LogP) is 1.08. The van der Waals surface area contributed by atoms with Gasteiger partial charge >= 0.3 is 0 Å². The molecule has 0 saturated carbocycles. The normalized spacial score (nSPS) is 12.3. The minimum absolute atomic E-state index is 0.273. The summed E-state index contributed by atoms with van der Waals surface area (Å²) in [4.78, 5) is 29.1. The Bertz CT molecular complexity index is 1160. The van der Waals surface area contributed by atoms with Crippen LogP contribution < -0.4 is 16.3 Å². The van der Waals surface area contributed by atoms with Crippen LogP contribution in [0.2, 0.25) is 0 Å². The highest BCUT2D eigenvalue weighted by molar-refractivity contribution is 5.79. The molecule has 22 heavy (non-hydrogen) atoms. The maximum Gasteiger partial charge on any atom is 0.280 e. The van der Waals surface area contributed by atoms with Gasteiger partial charge in [-0.15, -0.1) is 0 Å². The third-order valence-electron chi connectivity index (χ3n) is 3.59. The maximum atomic E-state index is 12.4. The van der Waals surface area contributed by atoms with E-state index in [1.165, 1.54) is 4.52 Å². The average Bonchev–Trinajstić information content (AvgIpc) is 2.86. The molecule has 2 heterocycles. The number of nitrogens with one attached hydrogen (secondary N) is 1. The molecule has 0 aliphatic carbocycles. The molecule has 0 amide bonds. The summed E-state index contributed by atoms with van der Waals surface area (Å²) < 4.78 is 1.21. The summed E-state index contributed by atoms with van der Waals surface area (Å²) in [7, 11) is 0. The SMILES string of the molecule is O=c1[nH]n2c(=O)c3ccccc3nc2/c1=C/c1ccccc1. The molecule has 0 saturated heterocycles. The number of benzene rings is 2. The second kappa shape index (κ2) is 4.66. The Kier molecular flexibility index (Phi) is 2.66. The summed E-state index contributed by atoms with van der Waals surface area (Å²) in [5.41, 5.74) is 1.20. The van der Waals surface area contributed by atoms with Crippen molar-refractivity contribution < 1.29 is 0 Å². The van der Waals surface area contributed by atoms with Crippen molar-refractivity contribution in [2.45, 2.75) is 0 Å². The van der Waals surface area contributed by atoms with Gasteiger partial charge in [0.05, 0.1) is 16.1 Å². The summed E-state index contributed by atoms with van der Waals surface area (Å²) in [6.07, 6.45) is 1.73. The number of H-pyrrole nitrogens is 1. The van der Waals surface area contributed by atoms with E-state index in [1.54, 1.807) is 24.3 Å². The first kappa shape index (κ1) is 12.5. The number of para-hydroxylation sites is 1. The maximum absolute atomic E-state index is 12.4. The molecule has 4 aromatic rings. The van der Waals surface area contributed by atoms with Crippen LogP contribution in [0, 0.1) is 0 Å². The molecule has 0 bridgehead atoms. The van der Waals surface area contributed by atoms with Crippen molar-refractivity contribution >= 4 is 22.6 Å². The fourth-order valence-corrected chi connectivity index (χ4v) is 2.53. The molecule has 2 aromatic carbocycles. The number of aromatic nitrogens is 3. The van der Waals surface area contributed by atoms with Crippen LogP contribution in [0.5, 0.6) is 0 Å². The van der Waals surface area contributed by atoms with Crippen molar-refractivity contribution in [3.63, 3.8) is 0 Å². The van der Waals surface area contributed by atoms with Gasteiger partial charge in [0, 0.05) is 0 Å². The Balaban J connectivity index is 2.17. The Morgan fingerprint density at radius 2 is 1.68 bits per heavy atom. The van der Waals surface area contributed by atoms with E-state index in [2.05, 4.69) is 10.1 Å². The molecule has 0 radical (unpaired) electrons. The quantitative estimate of drug-likeness (QED) is 0.570. The van der Waals surface area contributed by atoms with Crippen molar-refractivity contribution in [3.05, 3.63) is 86.1 Å². The second-order valence-electron chi connectivity index (χ2n) is 5.00. The van der Waals surface area contributed by atoms with Gasteiger partial charge in [-0.2, -0.15) is 4.52 Å². The van der Waals surface area contributed by atoms with Crippen LogP contribution in [-0.2, 0) is 0 Å². The van der Waals surface area contributed by atoms with E-state index < -0.39 is 0 Å². The van der Waals surface area contributed by atoms with Crippen molar-refractivity contribution in [2.75, 3.05) is 0 Å². The molecule has 2 aromatic heterocycles. The minimum atomic E-state index is -0.330. The molecular weight excluding hydrogens is 278 g/mol. The molecule has 0 fully saturated rings. The van der Waals surface area contributed by atoms with Gasteiger partial charge in [0.1, 0.15) is 0 Å². The molecule has 0 unspecified atom stereocenters. The fourth-order valence-electron chi connectivity index (χ4n) is 2.53. The van der Waals surface area contributed by atoms with E-state index in [0.29, 0.717) is 21.8 Å². The molecule has 0 atom stereocenters. The van der Waals surface area contributed by atoms with Crippen LogP contribution >= 0.6 is 0 Å². The van der Waals surface area contributed by atoms with E-state index in [0.717, 1.165) is 5.56 Å². The molecule has 106 valence electrons. The second-order valence-corrected chi connectivity index (χ2v) is 5.00. The Morgan fingerprint density at radius 1 is 0.955 bits per heavy atom. The monoisotopic (exact) mass is 289 g/mol. The Morgan fingerprint density at radius 3 is 2.50 bits per heavy atom. The smallest absolute Gasteiger partial charge is 0.267 e. The van der Waals surface area contributed by atoms with Gasteiger partial charge in [-0.1, -0.05) is 42.5 Å². The molecule has 1 N–H and O–H groups in total. The fraction of sp³-hybridized carbons (Fsp3) is 0. The third-order valence-corrected chi connectivity index (χ3v) is 3.59. The lowest BCUT2D eigenvalue weighted by Crippen LogP contribution is -2.21. The largest absolute Gasteiger partial charge is 0.280 e. The van der Waals surface area contributed by atoms with Crippen LogP contribution in [-0.4, -0.2) is 14.6 Å². The molecule has 5 heteroatoms. The lowest BCUT2D eigenvalue weighted by atomic mass is 10.2. The molecule has 5 nitrogen and oxygen atoms in total. The van der Waals surface area contributed by atoms with Crippen molar-refractivity contribution in [2.24, 2.45) is 0 Å². The van der Waals surface area contributed by atoms with E-state index in [1.807, 2.05) is 36.4 Å². The number of nitrogens with zero attached hydrogens (tertiary/aromatic N) is 2. The number of rotatable bonds is 1. The first-order valence-corrected chi connectivity index (χ1v) is 6.84. The minimum Gasteiger partial charge on any atom is -0.267 e. The van der Waals surface area contributed by atoms with E-state index in [-0.39, 0.29) is 11.1 Å². The molecular formula is C17H11N3O2. The topological polar surface area (TPSA) is 67.2 Å². The average molecular weight is 289 g/mol.